The SMILES string of the molecule is CCCCOCCOC(=O)Cl. The molecule has 0 aromatic heterocycles. The molecule has 0 spiro atoms. The van der Waals surface area contributed by atoms with Crippen LogP contribution in [0.2, 0.25) is 0 Å². The van der Waals surface area contributed by atoms with Gasteiger partial charge in [0.2, 0.25) is 0 Å². The Morgan fingerprint density at radius 2 is 2.09 bits per heavy atom. The molecule has 0 aliphatic carbocycles. The first-order valence-corrected chi connectivity index (χ1v) is 4.05. The molecule has 3 nitrogen and oxygen atoms in total. The van der Waals surface area contributed by atoms with Crippen LogP contribution in [0.3, 0.4) is 0 Å². The number of hydrogen-bond donors (Lipinski definition) is 0. The van der Waals surface area contributed by atoms with Crippen LogP contribution in [0.15, 0.2) is 0 Å². The number of hydrogen-bond acceptors (Lipinski definition) is 3. The van der Waals surface area contributed by atoms with Crippen LogP contribution in [0.1, 0.15) is 19.8 Å². The van der Waals surface area contributed by atoms with Crippen LogP contribution in [-0.2, 0) is 9.47 Å². The van der Waals surface area contributed by atoms with Crippen LogP contribution < -0.4 is 0 Å². The van der Waals surface area contributed by atoms with E-state index in [1.54, 1.807) is 0 Å². The molecule has 11 heavy (non-hydrogen) atoms. The summed E-state index contributed by atoms with van der Waals surface area (Å²) in [5.41, 5.74) is -0.774. The lowest BCUT2D eigenvalue weighted by atomic mass is 10.4. The maximum Gasteiger partial charge on any atom is 0.403 e. The molecule has 0 N–H and O–H groups in total. The highest BCUT2D eigenvalue weighted by atomic mass is 35.5. The molecule has 0 heterocycles. The van der Waals surface area contributed by atoms with E-state index in [0.29, 0.717) is 6.61 Å². The molecule has 0 aromatic carbocycles. The van der Waals surface area contributed by atoms with E-state index >= 15 is 0 Å². The van der Waals surface area contributed by atoms with Crippen molar-refractivity contribution in [3.63, 3.8) is 0 Å². The average Bonchev–Trinajstić information content (AvgIpc) is 1.96. The normalized spacial score (nSPS) is 9.64. The summed E-state index contributed by atoms with van der Waals surface area (Å²) in [4.78, 5) is 10.0. The Kier molecular flexibility index (Phi) is 7.62. The van der Waals surface area contributed by atoms with Crippen LogP contribution in [0.25, 0.3) is 0 Å². The highest BCUT2D eigenvalue weighted by Gasteiger charge is 1.93. The average molecular weight is 181 g/mol. The van der Waals surface area contributed by atoms with Crippen LogP contribution in [0.5, 0.6) is 0 Å². The van der Waals surface area contributed by atoms with Crippen molar-refractivity contribution < 1.29 is 14.3 Å². The van der Waals surface area contributed by atoms with Gasteiger partial charge < -0.3 is 9.47 Å². The van der Waals surface area contributed by atoms with Gasteiger partial charge in [0, 0.05) is 18.2 Å². The van der Waals surface area contributed by atoms with Gasteiger partial charge in [-0.25, -0.2) is 4.79 Å². The molecule has 0 aliphatic rings. The highest BCUT2D eigenvalue weighted by Crippen LogP contribution is 1.89. The molecule has 0 saturated heterocycles. The predicted octanol–water partition coefficient (Wildman–Crippen LogP) is 2.18. The quantitative estimate of drug-likeness (QED) is 0.464. The minimum absolute atomic E-state index is 0.242. The summed E-state index contributed by atoms with van der Waals surface area (Å²) in [5, 5.41) is 0. The number of unbranched alkanes of at least 4 members (excludes halogenated alkanes) is 1. The minimum atomic E-state index is -0.774. The van der Waals surface area contributed by atoms with Gasteiger partial charge in [-0.05, 0) is 6.42 Å². The highest BCUT2D eigenvalue weighted by molar-refractivity contribution is 6.61. The van der Waals surface area contributed by atoms with Gasteiger partial charge >= 0.3 is 5.43 Å². The topological polar surface area (TPSA) is 35.5 Å². The Balaban J connectivity index is 2.85. The van der Waals surface area contributed by atoms with Crippen LogP contribution >= 0.6 is 11.6 Å². The van der Waals surface area contributed by atoms with Crippen LogP contribution in [-0.4, -0.2) is 25.2 Å². The fraction of sp³-hybridized carbons (Fsp3) is 0.857. The number of carbonyl (C=O) groups excluding carboxylic acids is 1. The first-order chi connectivity index (χ1) is 5.27. The van der Waals surface area contributed by atoms with E-state index in [4.69, 9.17) is 16.3 Å². The zero-order valence-corrected chi connectivity index (χ0v) is 7.39. The number of ether oxygens (including phenoxy) is 2. The predicted molar refractivity (Wildman–Crippen MR) is 42.9 cm³/mol. The molecule has 0 amide bonds. The largest absolute Gasteiger partial charge is 0.451 e. The number of halogens is 1. The second kappa shape index (κ2) is 7.82. The molecule has 0 radical (unpaired) electrons. The molecule has 0 saturated carbocycles. The summed E-state index contributed by atoms with van der Waals surface area (Å²) in [6.45, 7) is 3.48. The lowest BCUT2D eigenvalue weighted by Gasteiger charge is -2.01. The molecule has 66 valence electrons. The Hall–Kier alpha value is -0.280. The van der Waals surface area contributed by atoms with Crippen molar-refractivity contribution in [3.8, 4) is 0 Å². The third-order valence-electron chi connectivity index (χ3n) is 1.09. The van der Waals surface area contributed by atoms with E-state index in [9.17, 15) is 4.79 Å². The zero-order valence-electron chi connectivity index (χ0n) is 6.64. The Bertz CT molecular complexity index is 106. The maximum absolute atomic E-state index is 10.0. The lowest BCUT2D eigenvalue weighted by molar-refractivity contribution is 0.0807. The Morgan fingerprint density at radius 1 is 1.36 bits per heavy atom. The van der Waals surface area contributed by atoms with E-state index in [2.05, 4.69) is 11.7 Å². The summed E-state index contributed by atoms with van der Waals surface area (Å²) >= 11 is 4.90. The molecule has 0 aromatic rings. The molecular formula is C7H13ClO3. The molecule has 0 rings (SSSR count). The summed E-state index contributed by atoms with van der Waals surface area (Å²) in [5.74, 6) is 0. The molecule has 0 unspecified atom stereocenters. The molecule has 0 fully saturated rings. The fourth-order valence-corrected chi connectivity index (χ4v) is 0.606. The second-order valence-electron chi connectivity index (χ2n) is 2.05. The third-order valence-corrected chi connectivity index (χ3v) is 1.19. The van der Waals surface area contributed by atoms with Crippen molar-refractivity contribution in [2.75, 3.05) is 19.8 Å². The fourth-order valence-electron chi connectivity index (χ4n) is 0.529. The second-order valence-corrected chi connectivity index (χ2v) is 2.36. The Morgan fingerprint density at radius 3 is 2.64 bits per heavy atom. The van der Waals surface area contributed by atoms with E-state index in [1.165, 1.54) is 0 Å². The first-order valence-electron chi connectivity index (χ1n) is 3.67. The molecule has 0 bridgehead atoms. The van der Waals surface area contributed by atoms with E-state index in [0.717, 1.165) is 19.4 Å². The Labute approximate surface area is 71.6 Å². The van der Waals surface area contributed by atoms with Gasteiger partial charge in [0.25, 0.3) is 0 Å². The van der Waals surface area contributed by atoms with Crippen molar-refractivity contribution in [1.29, 1.82) is 0 Å². The molecule has 0 aliphatic heterocycles. The lowest BCUT2D eigenvalue weighted by Crippen LogP contribution is -2.06. The van der Waals surface area contributed by atoms with Crippen molar-refractivity contribution in [1.82, 2.24) is 0 Å². The van der Waals surface area contributed by atoms with Gasteiger partial charge in [0.1, 0.15) is 6.61 Å². The summed E-state index contributed by atoms with van der Waals surface area (Å²) < 4.78 is 9.51. The maximum atomic E-state index is 10.0. The zero-order chi connectivity index (χ0) is 8.53. The molecular weight excluding hydrogens is 168 g/mol. The standard InChI is InChI=1S/C7H13ClO3/c1-2-3-4-10-5-6-11-7(8)9/h2-6H2,1H3. The third kappa shape index (κ3) is 9.72. The summed E-state index contributed by atoms with van der Waals surface area (Å²) in [6.07, 6.45) is 2.14. The van der Waals surface area contributed by atoms with Crippen molar-refractivity contribution >= 4 is 17.0 Å². The van der Waals surface area contributed by atoms with E-state index in [-0.39, 0.29) is 6.61 Å². The summed E-state index contributed by atoms with van der Waals surface area (Å²) in [6, 6.07) is 0. The van der Waals surface area contributed by atoms with E-state index in [1.807, 2.05) is 0 Å². The first kappa shape index (κ1) is 10.7. The van der Waals surface area contributed by atoms with Gasteiger partial charge in [-0.3, -0.25) is 0 Å². The monoisotopic (exact) mass is 180 g/mol. The molecule has 0 atom stereocenters. The van der Waals surface area contributed by atoms with Gasteiger partial charge in [0.05, 0.1) is 6.61 Å². The van der Waals surface area contributed by atoms with Crippen LogP contribution in [0.4, 0.5) is 4.79 Å². The number of rotatable bonds is 6. The minimum Gasteiger partial charge on any atom is -0.451 e. The van der Waals surface area contributed by atoms with Gasteiger partial charge in [0.15, 0.2) is 0 Å². The molecule has 4 heteroatoms. The van der Waals surface area contributed by atoms with Gasteiger partial charge in [-0.1, -0.05) is 13.3 Å². The van der Waals surface area contributed by atoms with Crippen molar-refractivity contribution in [3.05, 3.63) is 0 Å². The van der Waals surface area contributed by atoms with Gasteiger partial charge in [-0.15, -0.1) is 0 Å². The van der Waals surface area contributed by atoms with Crippen molar-refractivity contribution in [2.45, 2.75) is 19.8 Å². The van der Waals surface area contributed by atoms with Gasteiger partial charge in [-0.2, -0.15) is 0 Å². The van der Waals surface area contributed by atoms with Crippen molar-refractivity contribution in [2.24, 2.45) is 0 Å². The van der Waals surface area contributed by atoms with E-state index < -0.39 is 5.43 Å². The summed E-state index contributed by atoms with van der Waals surface area (Å²) in [7, 11) is 0. The van der Waals surface area contributed by atoms with Crippen LogP contribution in [0, 0.1) is 0 Å². The number of carbonyl (C=O) groups is 1. The smallest absolute Gasteiger partial charge is 0.403 e.